The Kier molecular flexibility index (Phi) is 5.65. The van der Waals surface area contributed by atoms with Gasteiger partial charge in [0, 0.05) is 39.3 Å². The van der Waals surface area contributed by atoms with Crippen LogP contribution >= 0.6 is 0 Å². The van der Waals surface area contributed by atoms with Gasteiger partial charge in [0.1, 0.15) is 0 Å². The highest BCUT2D eigenvalue weighted by Crippen LogP contribution is 2.08. The summed E-state index contributed by atoms with van der Waals surface area (Å²) in [6.07, 6.45) is 2.05. The van der Waals surface area contributed by atoms with Gasteiger partial charge >= 0.3 is 0 Å². The fourth-order valence-electron chi connectivity index (χ4n) is 2.46. The molecule has 0 bridgehead atoms. The Balaban J connectivity index is 1.67. The van der Waals surface area contributed by atoms with Crippen LogP contribution < -0.4 is 0 Å². The number of hydrogen-bond donors (Lipinski definition) is 1. The summed E-state index contributed by atoms with van der Waals surface area (Å²) in [7, 11) is 0. The van der Waals surface area contributed by atoms with Gasteiger partial charge in [0.2, 0.25) is 0 Å². The lowest BCUT2D eigenvalue weighted by Crippen LogP contribution is -2.46. The zero-order valence-corrected chi connectivity index (χ0v) is 11.1. The highest BCUT2D eigenvalue weighted by atomic mass is 16.2. The minimum absolute atomic E-state index is 0.327. The minimum atomic E-state index is 0.327. The quantitative estimate of drug-likeness (QED) is 0.774. The summed E-state index contributed by atoms with van der Waals surface area (Å²) in [6.45, 7) is 7.19. The molecular formula is C15H24N2O. The number of unbranched alkanes of at least 4 members (excludes halogenated alkanes) is 1. The molecule has 18 heavy (non-hydrogen) atoms. The van der Waals surface area contributed by atoms with E-state index in [9.17, 15) is 0 Å². The Labute approximate surface area is 110 Å². The standard InChI is InChI=1S/C15H24N2O/c18-13-5-4-8-16-9-11-17(12-10-16)14-15-6-2-1-3-7-15/h1-3,6-7,18H,4-5,8-14H2. The predicted octanol–water partition coefficient (Wildman–Crippen LogP) is 1.58. The lowest BCUT2D eigenvalue weighted by atomic mass is 10.2. The molecule has 1 saturated heterocycles. The molecule has 0 atom stereocenters. The molecule has 1 fully saturated rings. The van der Waals surface area contributed by atoms with Crippen molar-refractivity contribution in [3.05, 3.63) is 35.9 Å². The second-order valence-corrected chi connectivity index (χ2v) is 5.03. The summed E-state index contributed by atoms with van der Waals surface area (Å²) in [6, 6.07) is 10.7. The van der Waals surface area contributed by atoms with Crippen molar-refractivity contribution in [3.8, 4) is 0 Å². The van der Waals surface area contributed by atoms with Crippen molar-refractivity contribution in [2.45, 2.75) is 19.4 Å². The van der Waals surface area contributed by atoms with Crippen LogP contribution in [0.15, 0.2) is 30.3 Å². The van der Waals surface area contributed by atoms with Crippen LogP contribution in [0.3, 0.4) is 0 Å². The molecule has 100 valence electrons. The molecule has 0 amide bonds. The molecule has 1 aliphatic heterocycles. The first-order valence-electron chi connectivity index (χ1n) is 6.98. The van der Waals surface area contributed by atoms with Crippen molar-refractivity contribution >= 4 is 0 Å². The average Bonchev–Trinajstić information content (AvgIpc) is 2.42. The SMILES string of the molecule is OCCCCN1CCN(Cc2ccccc2)CC1. The topological polar surface area (TPSA) is 26.7 Å². The molecule has 3 nitrogen and oxygen atoms in total. The molecule has 0 aromatic heterocycles. The number of benzene rings is 1. The number of aliphatic hydroxyl groups is 1. The fraction of sp³-hybridized carbons (Fsp3) is 0.600. The van der Waals surface area contributed by atoms with Crippen LogP contribution in [0.2, 0.25) is 0 Å². The predicted molar refractivity (Wildman–Crippen MR) is 74.5 cm³/mol. The van der Waals surface area contributed by atoms with Crippen LogP contribution in [-0.2, 0) is 6.54 Å². The summed E-state index contributed by atoms with van der Waals surface area (Å²) in [5.41, 5.74) is 1.41. The van der Waals surface area contributed by atoms with Gasteiger partial charge in [-0.3, -0.25) is 4.90 Å². The summed E-state index contributed by atoms with van der Waals surface area (Å²) < 4.78 is 0. The molecule has 0 saturated carbocycles. The van der Waals surface area contributed by atoms with E-state index in [1.165, 1.54) is 5.56 Å². The Morgan fingerprint density at radius 1 is 0.889 bits per heavy atom. The van der Waals surface area contributed by atoms with Gasteiger partial charge in [-0.15, -0.1) is 0 Å². The zero-order chi connectivity index (χ0) is 12.6. The van der Waals surface area contributed by atoms with Crippen molar-refractivity contribution in [1.29, 1.82) is 0 Å². The van der Waals surface area contributed by atoms with Gasteiger partial charge in [-0.1, -0.05) is 30.3 Å². The lowest BCUT2D eigenvalue weighted by Gasteiger charge is -2.34. The Bertz CT molecular complexity index is 321. The van der Waals surface area contributed by atoms with Gasteiger partial charge in [-0.25, -0.2) is 0 Å². The van der Waals surface area contributed by atoms with Crippen LogP contribution in [0.25, 0.3) is 0 Å². The van der Waals surface area contributed by atoms with E-state index in [0.717, 1.165) is 52.1 Å². The van der Waals surface area contributed by atoms with Gasteiger partial charge in [0.15, 0.2) is 0 Å². The normalized spacial score (nSPS) is 18.1. The van der Waals surface area contributed by atoms with Crippen molar-refractivity contribution in [2.75, 3.05) is 39.3 Å². The molecule has 1 N–H and O–H groups in total. The first-order chi connectivity index (χ1) is 8.88. The molecular weight excluding hydrogens is 224 g/mol. The molecule has 0 spiro atoms. The Morgan fingerprint density at radius 3 is 2.22 bits per heavy atom. The van der Waals surface area contributed by atoms with Gasteiger partial charge < -0.3 is 10.0 Å². The maximum Gasteiger partial charge on any atom is 0.0431 e. The van der Waals surface area contributed by atoms with E-state index < -0.39 is 0 Å². The molecule has 1 aliphatic rings. The van der Waals surface area contributed by atoms with Crippen molar-refractivity contribution < 1.29 is 5.11 Å². The molecule has 1 heterocycles. The van der Waals surface area contributed by atoms with Crippen LogP contribution in [0.4, 0.5) is 0 Å². The molecule has 0 radical (unpaired) electrons. The van der Waals surface area contributed by atoms with E-state index in [-0.39, 0.29) is 0 Å². The van der Waals surface area contributed by atoms with E-state index in [1.807, 2.05) is 0 Å². The summed E-state index contributed by atoms with van der Waals surface area (Å²) in [5, 5.41) is 8.78. The highest BCUT2D eigenvalue weighted by molar-refractivity contribution is 5.14. The van der Waals surface area contributed by atoms with Gasteiger partial charge in [0.05, 0.1) is 0 Å². The van der Waals surface area contributed by atoms with Gasteiger partial charge in [-0.05, 0) is 24.9 Å². The van der Waals surface area contributed by atoms with E-state index in [2.05, 4.69) is 40.1 Å². The number of hydrogen-bond acceptors (Lipinski definition) is 3. The summed E-state index contributed by atoms with van der Waals surface area (Å²) >= 11 is 0. The maximum absolute atomic E-state index is 8.78. The first-order valence-corrected chi connectivity index (χ1v) is 6.98. The van der Waals surface area contributed by atoms with Crippen LogP contribution in [0.1, 0.15) is 18.4 Å². The molecule has 0 unspecified atom stereocenters. The molecule has 3 heteroatoms. The largest absolute Gasteiger partial charge is 0.396 e. The third-order valence-electron chi connectivity index (χ3n) is 3.60. The molecule has 1 aromatic rings. The third-order valence-corrected chi connectivity index (χ3v) is 3.60. The molecule has 2 rings (SSSR count). The zero-order valence-electron chi connectivity index (χ0n) is 11.1. The average molecular weight is 248 g/mol. The van der Waals surface area contributed by atoms with E-state index >= 15 is 0 Å². The molecule has 0 aliphatic carbocycles. The number of piperazine rings is 1. The maximum atomic E-state index is 8.78. The third kappa shape index (κ3) is 4.41. The van der Waals surface area contributed by atoms with E-state index in [4.69, 9.17) is 5.11 Å². The van der Waals surface area contributed by atoms with Crippen molar-refractivity contribution in [2.24, 2.45) is 0 Å². The van der Waals surface area contributed by atoms with Gasteiger partial charge in [-0.2, -0.15) is 0 Å². The monoisotopic (exact) mass is 248 g/mol. The first kappa shape index (κ1) is 13.5. The van der Waals surface area contributed by atoms with Crippen LogP contribution in [0, 0.1) is 0 Å². The Hall–Kier alpha value is -0.900. The molecule has 1 aromatic carbocycles. The smallest absolute Gasteiger partial charge is 0.0431 e. The second-order valence-electron chi connectivity index (χ2n) is 5.03. The number of aliphatic hydroxyl groups excluding tert-OH is 1. The summed E-state index contributed by atoms with van der Waals surface area (Å²) in [5.74, 6) is 0. The number of rotatable bonds is 6. The fourth-order valence-corrected chi connectivity index (χ4v) is 2.46. The van der Waals surface area contributed by atoms with Gasteiger partial charge in [0.25, 0.3) is 0 Å². The number of nitrogens with zero attached hydrogens (tertiary/aromatic N) is 2. The van der Waals surface area contributed by atoms with Crippen LogP contribution in [-0.4, -0.2) is 54.2 Å². The minimum Gasteiger partial charge on any atom is -0.396 e. The van der Waals surface area contributed by atoms with Crippen molar-refractivity contribution in [1.82, 2.24) is 9.80 Å². The van der Waals surface area contributed by atoms with Crippen molar-refractivity contribution in [3.63, 3.8) is 0 Å². The second kappa shape index (κ2) is 7.52. The van der Waals surface area contributed by atoms with E-state index in [1.54, 1.807) is 0 Å². The van der Waals surface area contributed by atoms with E-state index in [0.29, 0.717) is 6.61 Å². The van der Waals surface area contributed by atoms with Crippen LogP contribution in [0.5, 0.6) is 0 Å². The summed E-state index contributed by atoms with van der Waals surface area (Å²) in [4.78, 5) is 5.04. The lowest BCUT2D eigenvalue weighted by molar-refractivity contribution is 0.123. The highest BCUT2D eigenvalue weighted by Gasteiger charge is 2.16. The Morgan fingerprint density at radius 2 is 1.56 bits per heavy atom.